The van der Waals surface area contributed by atoms with Gasteiger partial charge in [0.05, 0.1) is 194 Å². The second-order valence-corrected chi connectivity index (χ2v) is 24.0. The van der Waals surface area contributed by atoms with Crippen LogP contribution in [-0.4, -0.2) is 325 Å². The first-order valence-corrected chi connectivity index (χ1v) is 30.6. The molecule has 2 unspecified atom stereocenters. The van der Waals surface area contributed by atoms with Crippen LogP contribution in [0.5, 0.6) is 0 Å². The van der Waals surface area contributed by atoms with Gasteiger partial charge in [-0.15, -0.1) is 0 Å². The van der Waals surface area contributed by atoms with Crippen LogP contribution in [0.4, 0.5) is 0 Å². The van der Waals surface area contributed by atoms with E-state index >= 15 is 0 Å². The summed E-state index contributed by atoms with van der Waals surface area (Å²) < 4.78 is 43.4. The van der Waals surface area contributed by atoms with Crippen molar-refractivity contribution >= 4 is 35.8 Å². The standard InChI is InChI=1S/C12H24NO2.2C10H22NO4.C10H20NO3.C9H17N2O2.C9H20NO2.6BrH/c1-4-15-12(14)10-13(2,3)11-8-6-5-7-9-11;2*1-4-15-10(13)9-11(2,3)5-7-14-8-6-12;1-3-14-10(13)8-11(2)6-4-5-9(12)7-11;1-4-13-9(12)8-11(2,3)7-5-6-10;1-5-10(4,6-2)8-9(11)12-7-3;;;;;;/h11H,4-10H2,1-3H3;2*12H,4-9H2,1-3H3;9,12H,3-8H2,1-2H3;4-5,7-8H2,1-3H3;5-8H2,1-4H3;6*1H/q6*+1;;;;;;/p-6. The van der Waals surface area contributed by atoms with E-state index in [2.05, 4.69) is 41.1 Å². The molecule has 0 spiro atoms. The number of ether oxygens (including phenoxy) is 8. The van der Waals surface area contributed by atoms with Gasteiger partial charge < -0.3 is 182 Å². The van der Waals surface area contributed by atoms with E-state index in [9.17, 15) is 33.9 Å². The lowest BCUT2D eigenvalue weighted by Gasteiger charge is -2.39. The number of likely N-dealkylation sites (tertiary alicyclic amines) is 1. The number of halogens is 6. The highest BCUT2D eigenvalue weighted by Crippen LogP contribution is 2.25. The van der Waals surface area contributed by atoms with Gasteiger partial charge in [0.15, 0.2) is 39.3 Å². The highest BCUT2D eigenvalue weighted by molar-refractivity contribution is 5.72. The molecule has 0 aromatic carbocycles. The Bertz CT molecular complexity index is 1770. The van der Waals surface area contributed by atoms with Gasteiger partial charge in [0.25, 0.3) is 0 Å². The minimum atomic E-state index is -0.261. The number of piperidine rings is 1. The fourth-order valence-corrected chi connectivity index (χ4v) is 8.69. The minimum Gasteiger partial charge on any atom is -1.00 e. The second kappa shape index (κ2) is 65.1. The van der Waals surface area contributed by atoms with E-state index in [4.69, 9.17) is 53.4 Å². The van der Waals surface area contributed by atoms with Gasteiger partial charge in [-0.3, -0.25) is 0 Å². The number of rotatable bonds is 33. The zero-order valence-electron chi connectivity index (χ0n) is 58.4. The average Bonchev–Trinajstić information content (AvgIpc) is 3.53. The third kappa shape index (κ3) is 66.8. The van der Waals surface area contributed by atoms with E-state index in [-0.39, 0.29) is 157 Å². The van der Waals surface area contributed by atoms with Crippen molar-refractivity contribution in [3.05, 3.63) is 0 Å². The number of carbonyl (C=O) groups excluding carboxylic acids is 6. The number of hydrogen-bond acceptors (Lipinski definition) is 18. The number of quaternary nitrogens is 6. The SMILES string of the molecule is CCOC(=O)C[N+](C)(C)C1CCCCC1.CCOC(=O)C[N+](C)(C)CCC#N.CCOC(=O)C[N+](C)(C)CCOCCO.CCOC(=O)C[N+](C)(C)CCOCCO.CCOC(=O)C[N+](C)(CC)CC.CCOC(=O)C[N+]1(C)CCCC(O)C1.[Br-].[Br-].[Br-].[Br-].[Br-].[Br-]. The molecule has 2 fully saturated rings. The minimum absolute atomic E-state index is 0. The molecule has 2 aliphatic rings. The summed E-state index contributed by atoms with van der Waals surface area (Å²) in [5.41, 5.74) is 0. The number of nitrogens with zero attached hydrogens (tertiary/aromatic N) is 7. The van der Waals surface area contributed by atoms with Gasteiger partial charge in [-0.25, -0.2) is 28.8 Å². The van der Waals surface area contributed by atoms with E-state index in [1.54, 1.807) is 20.8 Å². The number of aliphatic hydroxyl groups is 3. The molecule has 1 saturated carbocycles. The number of esters is 6. The van der Waals surface area contributed by atoms with Crippen molar-refractivity contribution in [1.29, 1.82) is 5.26 Å². The van der Waals surface area contributed by atoms with Crippen LogP contribution in [0.15, 0.2) is 0 Å². The number of hydrogen-bond donors (Lipinski definition) is 3. The van der Waals surface area contributed by atoms with Crippen LogP contribution in [-0.2, 0) is 66.7 Å². The molecule has 90 heavy (non-hydrogen) atoms. The fraction of sp³-hybridized carbons (Fsp3) is 0.883. The first-order chi connectivity index (χ1) is 39.2. The molecule has 2 atom stereocenters. The molecule has 0 radical (unpaired) electrons. The topological polar surface area (TPSA) is 261 Å². The fourth-order valence-electron chi connectivity index (χ4n) is 8.69. The van der Waals surface area contributed by atoms with Crippen LogP contribution in [0.2, 0.25) is 0 Å². The highest BCUT2D eigenvalue weighted by Gasteiger charge is 2.34. The molecule has 2 rings (SSSR count). The third-order valence-electron chi connectivity index (χ3n) is 14.0. The quantitative estimate of drug-likeness (QED) is 0.0239. The molecule has 1 aliphatic heterocycles. The molecule has 0 aromatic rings. The molecule has 0 amide bonds. The largest absolute Gasteiger partial charge is 1.00 e. The second-order valence-electron chi connectivity index (χ2n) is 24.0. The van der Waals surface area contributed by atoms with Gasteiger partial charge in [0.1, 0.15) is 25.7 Å². The molecule has 3 N–H and O–H groups in total. The van der Waals surface area contributed by atoms with Crippen LogP contribution in [0.3, 0.4) is 0 Å². The highest BCUT2D eigenvalue weighted by atomic mass is 79.9. The Kier molecular flexibility index (Phi) is 79.7. The number of nitriles is 1. The van der Waals surface area contributed by atoms with Crippen LogP contribution in [0.25, 0.3) is 0 Å². The zero-order chi connectivity index (χ0) is 65.3. The van der Waals surface area contributed by atoms with E-state index in [0.29, 0.717) is 149 Å². The first kappa shape index (κ1) is 110. The summed E-state index contributed by atoms with van der Waals surface area (Å²) in [7, 11) is 20.0. The monoisotopic (exact) mass is 1690 g/mol. The lowest BCUT2D eigenvalue weighted by atomic mass is 9.93. The molecule has 0 bridgehead atoms. The van der Waals surface area contributed by atoms with Crippen LogP contribution >= 0.6 is 0 Å². The molecule has 1 aliphatic carbocycles. The van der Waals surface area contributed by atoms with Crippen LogP contribution in [0, 0.1) is 11.3 Å². The van der Waals surface area contributed by atoms with Gasteiger partial charge in [-0.1, -0.05) is 6.42 Å². The molecule has 24 nitrogen and oxygen atoms in total. The Hall–Kier alpha value is -1.25. The maximum Gasteiger partial charge on any atom is 0.361 e. The predicted octanol–water partition coefficient (Wildman–Crippen LogP) is -15.0. The van der Waals surface area contributed by atoms with Crippen molar-refractivity contribution < 1.29 is 211 Å². The Morgan fingerprint density at radius 3 is 1.12 bits per heavy atom. The van der Waals surface area contributed by atoms with E-state index in [1.165, 1.54) is 32.1 Å². The Morgan fingerprint density at radius 2 is 0.800 bits per heavy atom. The number of likely N-dealkylation sites (N-methyl/N-ethyl adjacent to an activating group) is 6. The Balaban J connectivity index is -0.000000105. The predicted molar refractivity (Wildman–Crippen MR) is 323 cm³/mol. The molecule has 1 saturated heterocycles. The lowest BCUT2D eigenvalue weighted by Crippen LogP contribution is -3.00. The maximum atomic E-state index is 11.5. The van der Waals surface area contributed by atoms with Crippen LogP contribution < -0.4 is 102 Å². The molecular weight excluding hydrogens is 1570 g/mol. The smallest absolute Gasteiger partial charge is 0.361 e. The van der Waals surface area contributed by atoms with Gasteiger partial charge in [0.2, 0.25) is 0 Å². The van der Waals surface area contributed by atoms with Gasteiger partial charge in [-0.2, -0.15) is 5.26 Å². The Labute approximate surface area is 607 Å². The summed E-state index contributed by atoms with van der Waals surface area (Å²) in [4.78, 5) is 67.5. The maximum absolute atomic E-state index is 11.5. The van der Waals surface area contributed by atoms with E-state index in [0.717, 1.165) is 54.5 Å². The molecule has 1 heterocycles. The normalized spacial score (nSPS) is 15.1. The summed E-state index contributed by atoms with van der Waals surface area (Å²) in [6.07, 6.45) is 8.54. The van der Waals surface area contributed by atoms with Crippen molar-refractivity contribution in [2.75, 3.05) is 235 Å². The molecule has 544 valence electrons. The summed E-state index contributed by atoms with van der Waals surface area (Å²) in [5.74, 6) is -0.902. The molecular formula is C60H125Br6N7O17. The van der Waals surface area contributed by atoms with Gasteiger partial charge in [0, 0.05) is 0 Å². The summed E-state index contributed by atoms with van der Waals surface area (Å²) >= 11 is 0. The molecule has 30 heteroatoms. The van der Waals surface area contributed by atoms with Crippen molar-refractivity contribution in [2.45, 2.75) is 119 Å². The Morgan fingerprint density at radius 1 is 0.467 bits per heavy atom. The number of carbonyl (C=O) groups is 6. The third-order valence-corrected chi connectivity index (χ3v) is 14.0. The summed E-state index contributed by atoms with van der Waals surface area (Å²) in [6, 6.07) is 2.70. The van der Waals surface area contributed by atoms with Gasteiger partial charge in [-0.05, 0) is 93.9 Å². The number of aliphatic hydroxyl groups excluding tert-OH is 3. The van der Waals surface area contributed by atoms with Crippen molar-refractivity contribution in [3.63, 3.8) is 0 Å². The van der Waals surface area contributed by atoms with Gasteiger partial charge >= 0.3 is 35.8 Å². The van der Waals surface area contributed by atoms with Crippen molar-refractivity contribution in [1.82, 2.24) is 0 Å². The molecule has 0 aromatic heterocycles. The zero-order valence-corrected chi connectivity index (χ0v) is 68.0. The van der Waals surface area contributed by atoms with E-state index < -0.39 is 0 Å². The summed E-state index contributed by atoms with van der Waals surface area (Å²) in [5, 5.41) is 34.9. The average molecular weight is 1700 g/mol. The van der Waals surface area contributed by atoms with Crippen molar-refractivity contribution in [3.8, 4) is 6.07 Å². The van der Waals surface area contributed by atoms with Crippen LogP contribution in [0.1, 0.15) is 107 Å². The first-order valence-electron chi connectivity index (χ1n) is 30.6. The van der Waals surface area contributed by atoms with E-state index in [1.807, 2.05) is 70.1 Å². The lowest BCUT2D eigenvalue weighted by molar-refractivity contribution is -0.910. The van der Waals surface area contributed by atoms with Crippen molar-refractivity contribution in [2.24, 2.45) is 0 Å². The summed E-state index contributed by atoms with van der Waals surface area (Å²) in [6.45, 7) is 27.6.